The number of methoxy groups -OCH3 is 1. The Morgan fingerprint density at radius 3 is 2.68 bits per heavy atom. The molecule has 0 bridgehead atoms. The number of hydrogen-bond donors (Lipinski definition) is 2. The summed E-state index contributed by atoms with van der Waals surface area (Å²) in [6.07, 6.45) is 0. The van der Waals surface area contributed by atoms with Gasteiger partial charge >= 0.3 is 0 Å². The van der Waals surface area contributed by atoms with E-state index < -0.39 is 6.04 Å². The minimum atomic E-state index is -0.521. The van der Waals surface area contributed by atoms with Gasteiger partial charge in [-0.05, 0) is 38.2 Å². The van der Waals surface area contributed by atoms with Gasteiger partial charge in [-0.15, -0.1) is 0 Å². The van der Waals surface area contributed by atoms with Crippen LogP contribution < -0.4 is 10.1 Å². The number of carbonyl (C=O) groups is 1. The summed E-state index contributed by atoms with van der Waals surface area (Å²) >= 11 is 8.69. The molecule has 1 atom stereocenters. The van der Waals surface area contributed by atoms with Crippen LogP contribution in [0.25, 0.3) is 0 Å². The summed E-state index contributed by atoms with van der Waals surface area (Å²) in [5, 5.41) is 14.0. The van der Waals surface area contributed by atoms with Crippen molar-refractivity contribution in [3.8, 4) is 11.5 Å². The first-order valence-electron chi connectivity index (χ1n) is 6.60. The van der Waals surface area contributed by atoms with Crippen LogP contribution in [0.3, 0.4) is 0 Å². The number of benzene rings is 1. The van der Waals surface area contributed by atoms with Crippen LogP contribution in [0, 0.1) is 0 Å². The van der Waals surface area contributed by atoms with Gasteiger partial charge in [0.15, 0.2) is 22.4 Å². The Bertz CT molecular complexity index is 688. The van der Waals surface area contributed by atoms with E-state index in [2.05, 4.69) is 21.2 Å². The maximum atomic E-state index is 12.1. The highest BCUT2D eigenvalue weighted by Crippen LogP contribution is 2.41. The second kappa shape index (κ2) is 6.26. The molecule has 0 radical (unpaired) electrons. The number of phenolic OH excluding ortho intramolecular Hbond substituents is 1. The molecule has 0 aromatic heterocycles. The van der Waals surface area contributed by atoms with Crippen molar-refractivity contribution in [2.75, 3.05) is 14.2 Å². The molecule has 5 nitrogen and oxygen atoms in total. The van der Waals surface area contributed by atoms with Crippen LogP contribution in [0.15, 0.2) is 27.9 Å². The van der Waals surface area contributed by atoms with Crippen LogP contribution in [0.4, 0.5) is 0 Å². The third kappa shape index (κ3) is 2.83. The Labute approximate surface area is 143 Å². The molecule has 1 aromatic carbocycles. The normalized spacial score (nSPS) is 18.3. The zero-order valence-electron chi connectivity index (χ0n) is 12.7. The van der Waals surface area contributed by atoms with E-state index in [4.69, 9.17) is 17.0 Å². The molecular weight excluding hydrogens is 368 g/mol. The molecule has 118 valence electrons. The number of hydrogen-bond acceptors (Lipinski definition) is 4. The number of ketones is 1. The van der Waals surface area contributed by atoms with Crippen LogP contribution in [-0.4, -0.2) is 35.1 Å². The molecule has 1 heterocycles. The molecule has 7 heteroatoms. The van der Waals surface area contributed by atoms with E-state index in [1.54, 1.807) is 24.1 Å². The Morgan fingerprint density at radius 2 is 2.14 bits per heavy atom. The molecule has 0 fully saturated rings. The van der Waals surface area contributed by atoms with Gasteiger partial charge in [0, 0.05) is 28.4 Å². The van der Waals surface area contributed by atoms with E-state index in [1.165, 1.54) is 14.0 Å². The zero-order valence-corrected chi connectivity index (χ0v) is 15.1. The maximum absolute atomic E-state index is 12.1. The van der Waals surface area contributed by atoms with Gasteiger partial charge in [0.2, 0.25) is 0 Å². The molecule has 0 amide bonds. The third-order valence-electron chi connectivity index (χ3n) is 3.73. The smallest absolute Gasteiger partial charge is 0.173 e. The Kier molecular flexibility index (Phi) is 4.77. The predicted octanol–water partition coefficient (Wildman–Crippen LogP) is 2.89. The van der Waals surface area contributed by atoms with Crippen LogP contribution in [0.2, 0.25) is 0 Å². The van der Waals surface area contributed by atoms with E-state index in [0.29, 0.717) is 22.0 Å². The molecule has 22 heavy (non-hydrogen) atoms. The van der Waals surface area contributed by atoms with Crippen molar-refractivity contribution in [2.45, 2.75) is 19.9 Å². The van der Waals surface area contributed by atoms with E-state index in [-0.39, 0.29) is 11.5 Å². The van der Waals surface area contributed by atoms with Crippen molar-refractivity contribution in [1.82, 2.24) is 10.2 Å². The number of nitrogens with zero attached hydrogens (tertiary/aromatic N) is 1. The quantitative estimate of drug-likeness (QED) is 0.781. The number of thiocarbonyl (C=S) groups is 1. The Hall–Kier alpha value is -1.60. The topological polar surface area (TPSA) is 61.8 Å². The minimum Gasteiger partial charge on any atom is -0.504 e. The van der Waals surface area contributed by atoms with E-state index >= 15 is 0 Å². The highest BCUT2D eigenvalue weighted by atomic mass is 79.9. The average Bonchev–Trinajstić information content (AvgIpc) is 2.45. The van der Waals surface area contributed by atoms with Gasteiger partial charge in [-0.2, -0.15) is 0 Å². The summed E-state index contributed by atoms with van der Waals surface area (Å²) in [5.74, 6) is 0.237. The molecule has 0 aliphatic carbocycles. The van der Waals surface area contributed by atoms with Crippen molar-refractivity contribution < 1.29 is 14.6 Å². The maximum Gasteiger partial charge on any atom is 0.173 e. The fourth-order valence-corrected chi connectivity index (χ4v) is 3.21. The summed E-state index contributed by atoms with van der Waals surface area (Å²) in [5.41, 5.74) is 1.86. The summed E-state index contributed by atoms with van der Waals surface area (Å²) < 4.78 is 5.92. The summed E-state index contributed by atoms with van der Waals surface area (Å²) in [7, 11) is 3.27. The van der Waals surface area contributed by atoms with E-state index in [0.717, 1.165) is 10.2 Å². The lowest BCUT2D eigenvalue weighted by Gasteiger charge is -2.35. The molecule has 1 aliphatic heterocycles. The summed E-state index contributed by atoms with van der Waals surface area (Å²) in [4.78, 5) is 13.8. The van der Waals surface area contributed by atoms with Crippen molar-refractivity contribution in [1.29, 1.82) is 0 Å². The average molecular weight is 385 g/mol. The molecule has 2 N–H and O–H groups in total. The number of ether oxygens (including phenoxy) is 1. The fourth-order valence-electron chi connectivity index (χ4n) is 2.50. The molecule has 0 saturated carbocycles. The Morgan fingerprint density at radius 1 is 1.50 bits per heavy atom. The fraction of sp³-hybridized carbons (Fsp3) is 0.333. The molecule has 1 aliphatic rings. The van der Waals surface area contributed by atoms with Crippen molar-refractivity contribution in [2.24, 2.45) is 0 Å². The van der Waals surface area contributed by atoms with Crippen molar-refractivity contribution in [3.63, 3.8) is 0 Å². The van der Waals surface area contributed by atoms with Crippen molar-refractivity contribution in [3.05, 3.63) is 33.4 Å². The van der Waals surface area contributed by atoms with E-state index in [1.807, 2.05) is 6.92 Å². The van der Waals surface area contributed by atoms with Gasteiger partial charge < -0.3 is 20.1 Å². The second-order valence-corrected chi connectivity index (χ2v) is 6.35. The van der Waals surface area contributed by atoms with Gasteiger partial charge in [0.1, 0.15) is 0 Å². The number of aromatic hydroxyl groups is 1. The number of allylic oxidation sites excluding steroid dienone is 1. The highest BCUT2D eigenvalue weighted by Gasteiger charge is 2.33. The first kappa shape index (κ1) is 16.8. The van der Waals surface area contributed by atoms with Gasteiger partial charge in [-0.3, -0.25) is 4.79 Å². The largest absolute Gasteiger partial charge is 0.504 e. The highest BCUT2D eigenvalue weighted by molar-refractivity contribution is 9.10. The van der Waals surface area contributed by atoms with Gasteiger partial charge in [-0.1, -0.05) is 15.9 Å². The van der Waals surface area contributed by atoms with Crippen LogP contribution in [-0.2, 0) is 4.79 Å². The Balaban J connectivity index is 2.67. The molecule has 0 spiro atoms. The van der Waals surface area contributed by atoms with Gasteiger partial charge in [0.05, 0.1) is 13.2 Å². The standard InChI is InChI=1S/C15H17BrN2O3S/c1-7-12(8(2)19)13(17-15(22)18(7)3)10-5-9(16)6-11(21-4)14(10)20/h5-6,13,20H,1-4H3,(H,17,22). The van der Waals surface area contributed by atoms with Crippen LogP contribution in [0.5, 0.6) is 11.5 Å². The third-order valence-corrected chi connectivity index (χ3v) is 4.58. The van der Waals surface area contributed by atoms with Crippen LogP contribution in [0.1, 0.15) is 25.5 Å². The summed E-state index contributed by atoms with van der Waals surface area (Å²) in [6.45, 7) is 3.34. The number of nitrogens with one attached hydrogen (secondary N) is 1. The van der Waals surface area contributed by atoms with Crippen molar-refractivity contribution >= 4 is 39.0 Å². The number of Topliss-reactive ketones (excluding diaryl/α,β-unsaturated/α-hetero) is 1. The minimum absolute atomic E-state index is 0.0119. The number of carbonyl (C=O) groups excluding carboxylic acids is 1. The molecule has 0 saturated heterocycles. The monoisotopic (exact) mass is 384 g/mol. The lowest BCUT2D eigenvalue weighted by atomic mass is 9.92. The van der Waals surface area contributed by atoms with E-state index in [9.17, 15) is 9.90 Å². The number of rotatable bonds is 3. The van der Waals surface area contributed by atoms with Gasteiger partial charge in [0.25, 0.3) is 0 Å². The molecule has 1 aromatic rings. The van der Waals surface area contributed by atoms with Gasteiger partial charge in [-0.25, -0.2) is 0 Å². The lowest BCUT2D eigenvalue weighted by molar-refractivity contribution is -0.114. The predicted molar refractivity (Wildman–Crippen MR) is 92.0 cm³/mol. The number of halogens is 1. The molecular formula is C15H17BrN2O3S. The first-order chi connectivity index (χ1) is 10.3. The van der Waals surface area contributed by atoms with Crippen LogP contribution >= 0.6 is 28.1 Å². The number of phenols is 1. The molecule has 2 rings (SSSR count). The first-order valence-corrected chi connectivity index (χ1v) is 7.80. The zero-order chi connectivity index (χ0) is 16.6. The molecule has 1 unspecified atom stereocenters. The second-order valence-electron chi connectivity index (χ2n) is 5.04. The summed E-state index contributed by atoms with van der Waals surface area (Å²) in [6, 6.07) is 2.89. The SMILES string of the molecule is COc1cc(Br)cc(C2NC(=S)N(C)C(C)=C2C(C)=O)c1O. The lowest BCUT2D eigenvalue weighted by Crippen LogP contribution is -2.45.